The van der Waals surface area contributed by atoms with Gasteiger partial charge in [-0.25, -0.2) is 4.79 Å². The van der Waals surface area contributed by atoms with Crippen LogP contribution in [0, 0.1) is 0 Å². The standard InChI is InChI=1S/C14H20BNO5/c1-19-9-12(16-13(17)7-15)10-21-14(18)20-8-11-5-3-2-4-6-11/h2-6,12H,7-10,15H2,1H3,(H,16,17). The topological polar surface area (TPSA) is 73.9 Å². The van der Waals surface area contributed by atoms with Crippen LogP contribution < -0.4 is 5.32 Å². The second-order valence-electron chi connectivity index (χ2n) is 4.41. The Balaban J connectivity index is 2.30. The van der Waals surface area contributed by atoms with E-state index >= 15 is 0 Å². The lowest BCUT2D eigenvalue weighted by molar-refractivity contribution is -0.120. The van der Waals surface area contributed by atoms with Gasteiger partial charge in [0.25, 0.3) is 0 Å². The number of rotatable bonds is 8. The summed E-state index contributed by atoms with van der Waals surface area (Å²) in [4.78, 5) is 22.8. The minimum atomic E-state index is -0.772. The highest BCUT2D eigenvalue weighted by Gasteiger charge is 2.14. The Labute approximate surface area is 125 Å². The molecule has 0 spiro atoms. The van der Waals surface area contributed by atoms with Crippen LogP contribution in [0.3, 0.4) is 0 Å². The van der Waals surface area contributed by atoms with Crippen LogP contribution in [-0.4, -0.2) is 46.3 Å². The van der Waals surface area contributed by atoms with Gasteiger partial charge >= 0.3 is 6.16 Å². The summed E-state index contributed by atoms with van der Waals surface area (Å²) < 4.78 is 14.9. The molecule has 0 saturated heterocycles. The van der Waals surface area contributed by atoms with Gasteiger partial charge in [0.1, 0.15) is 21.1 Å². The Morgan fingerprint density at radius 3 is 2.52 bits per heavy atom. The molecule has 0 aliphatic heterocycles. The molecular formula is C14H20BNO5. The van der Waals surface area contributed by atoms with E-state index in [1.165, 1.54) is 7.11 Å². The Morgan fingerprint density at radius 2 is 1.90 bits per heavy atom. The Bertz CT molecular complexity index is 440. The first-order chi connectivity index (χ1) is 10.2. The number of methoxy groups -OCH3 is 1. The maximum absolute atomic E-state index is 11.5. The molecule has 0 fully saturated rings. The zero-order valence-electron chi connectivity index (χ0n) is 12.3. The highest BCUT2D eigenvalue weighted by molar-refractivity contribution is 6.19. The second-order valence-corrected chi connectivity index (χ2v) is 4.41. The first kappa shape index (κ1) is 17.0. The fourth-order valence-corrected chi connectivity index (χ4v) is 1.59. The van der Waals surface area contributed by atoms with Crippen molar-refractivity contribution in [3.05, 3.63) is 35.9 Å². The van der Waals surface area contributed by atoms with E-state index in [9.17, 15) is 9.59 Å². The van der Waals surface area contributed by atoms with E-state index in [1.807, 2.05) is 30.3 Å². The number of nitrogens with one attached hydrogen (secondary N) is 1. The average molecular weight is 293 g/mol. The van der Waals surface area contributed by atoms with E-state index in [-0.39, 0.29) is 31.8 Å². The number of carbonyl (C=O) groups is 2. The molecule has 0 heterocycles. The van der Waals surface area contributed by atoms with E-state index in [4.69, 9.17) is 14.2 Å². The molecule has 0 aliphatic carbocycles. The van der Waals surface area contributed by atoms with Gasteiger partial charge in [0, 0.05) is 7.11 Å². The minimum absolute atomic E-state index is 0.00715. The van der Waals surface area contributed by atoms with Gasteiger partial charge in [-0.05, 0) is 11.9 Å². The van der Waals surface area contributed by atoms with Crippen molar-refractivity contribution in [2.24, 2.45) is 0 Å². The Morgan fingerprint density at radius 1 is 1.19 bits per heavy atom. The summed E-state index contributed by atoms with van der Waals surface area (Å²) in [5, 5.41) is 2.70. The first-order valence-corrected chi connectivity index (χ1v) is 6.77. The molecule has 1 atom stereocenters. The molecule has 1 unspecified atom stereocenters. The maximum Gasteiger partial charge on any atom is 0.508 e. The monoisotopic (exact) mass is 293 g/mol. The predicted octanol–water partition coefficient (Wildman–Crippen LogP) is 0.522. The van der Waals surface area contributed by atoms with Crippen LogP contribution in [0.5, 0.6) is 0 Å². The third kappa shape index (κ3) is 7.36. The number of carbonyl (C=O) groups excluding carboxylic acids is 2. The van der Waals surface area contributed by atoms with Crippen molar-refractivity contribution >= 4 is 19.9 Å². The molecule has 0 saturated carbocycles. The quantitative estimate of drug-likeness (QED) is 0.559. The molecular weight excluding hydrogens is 273 g/mol. The van der Waals surface area contributed by atoms with Gasteiger partial charge < -0.3 is 19.5 Å². The molecule has 0 radical (unpaired) electrons. The molecule has 1 aromatic rings. The summed E-state index contributed by atoms with van der Waals surface area (Å²) in [6, 6.07) is 8.92. The highest BCUT2D eigenvalue weighted by Crippen LogP contribution is 2.02. The highest BCUT2D eigenvalue weighted by atomic mass is 16.7. The predicted molar refractivity (Wildman–Crippen MR) is 79.7 cm³/mol. The molecule has 21 heavy (non-hydrogen) atoms. The second kappa shape index (κ2) is 9.82. The fraction of sp³-hybridized carbons (Fsp3) is 0.429. The molecule has 0 aliphatic rings. The largest absolute Gasteiger partial charge is 0.508 e. The van der Waals surface area contributed by atoms with Crippen LogP contribution in [0.4, 0.5) is 4.79 Å². The summed E-state index contributed by atoms with van der Waals surface area (Å²) >= 11 is 0. The van der Waals surface area contributed by atoms with Gasteiger partial charge in [0.2, 0.25) is 5.91 Å². The number of amides is 1. The molecule has 114 valence electrons. The average Bonchev–Trinajstić information content (AvgIpc) is 2.51. The van der Waals surface area contributed by atoms with Gasteiger partial charge in [-0.2, -0.15) is 0 Å². The van der Waals surface area contributed by atoms with Crippen molar-refractivity contribution in [2.75, 3.05) is 20.3 Å². The number of ether oxygens (including phenoxy) is 3. The SMILES string of the molecule is BCC(=O)NC(COC)COC(=O)OCc1ccccc1. The van der Waals surface area contributed by atoms with Gasteiger partial charge in [-0.3, -0.25) is 4.79 Å². The summed E-state index contributed by atoms with van der Waals surface area (Å²) in [7, 11) is 3.26. The summed E-state index contributed by atoms with van der Waals surface area (Å²) in [6.45, 7) is 0.418. The van der Waals surface area contributed by atoms with E-state index in [0.29, 0.717) is 6.32 Å². The van der Waals surface area contributed by atoms with Crippen LogP contribution >= 0.6 is 0 Å². The van der Waals surface area contributed by atoms with Crippen LogP contribution in [0.1, 0.15) is 5.56 Å². The smallest absolute Gasteiger partial charge is 0.432 e. The Hall–Kier alpha value is -2.02. The van der Waals surface area contributed by atoms with Crippen molar-refractivity contribution in [3.8, 4) is 0 Å². The molecule has 0 bridgehead atoms. The van der Waals surface area contributed by atoms with E-state index in [2.05, 4.69) is 5.32 Å². The lowest BCUT2D eigenvalue weighted by Crippen LogP contribution is -2.41. The minimum Gasteiger partial charge on any atom is -0.432 e. The number of hydrogen-bond acceptors (Lipinski definition) is 5. The lowest BCUT2D eigenvalue weighted by Gasteiger charge is -2.17. The van der Waals surface area contributed by atoms with E-state index < -0.39 is 6.16 Å². The third-order valence-corrected chi connectivity index (χ3v) is 2.66. The molecule has 7 heteroatoms. The normalized spacial score (nSPS) is 11.5. The third-order valence-electron chi connectivity index (χ3n) is 2.66. The van der Waals surface area contributed by atoms with Crippen LogP contribution in [0.2, 0.25) is 6.32 Å². The molecule has 1 amide bonds. The van der Waals surface area contributed by atoms with Crippen molar-refractivity contribution in [1.82, 2.24) is 5.32 Å². The van der Waals surface area contributed by atoms with Gasteiger partial charge in [-0.1, -0.05) is 30.3 Å². The van der Waals surface area contributed by atoms with Crippen molar-refractivity contribution in [2.45, 2.75) is 19.0 Å². The van der Waals surface area contributed by atoms with E-state index in [0.717, 1.165) is 5.56 Å². The Kier molecular flexibility index (Phi) is 7.97. The zero-order chi connectivity index (χ0) is 15.5. The van der Waals surface area contributed by atoms with Gasteiger partial charge in [0.15, 0.2) is 0 Å². The van der Waals surface area contributed by atoms with Crippen molar-refractivity contribution in [3.63, 3.8) is 0 Å². The summed E-state index contributed by atoms with van der Waals surface area (Å²) in [5.41, 5.74) is 0.877. The van der Waals surface area contributed by atoms with Crippen LogP contribution in [0.25, 0.3) is 0 Å². The van der Waals surface area contributed by atoms with Crippen molar-refractivity contribution in [1.29, 1.82) is 0 Å². The number of hydrogen-bond donors (Lipinski definition) is 1. The summed E-state index contributed by atoms with van der Waals surface area (Å²) in [5.74, 6) is -0.127. The zero-order valence-corrected chi connectivity index (χ0v) is 12.3. The number of benzene rings is 1. The van der Waals surface area contributed by atoms with E-state index in [1.54, 1.807) is 7.85 Å². The summed E-state index contributed by atoms with van der Waals surface area (Å²) in [6.07, 6.45) is -0.413. The van der Waals surface area contributed by atoms with Gasteiger partial charge in [0.05, 0.1) is 12.6 Å². The maximum atomic E-state index is 11.5. The van der Waals surface area contributed by atoms with Crippen molar-refractivity contribution < 1.29 is 23.8 Å². The van der Waals surface area contributed by atoms with Crippen LogP contribution in [0.15, 0.2) is 30.3 Å². The fourth-order valence-electron chi connectivity index (χ4n) is 1.59. The molecule has 6 nitrogen and oxygen atoms in total. The molecule has 0 aromatic heterocycles. The molecule has 1 aromatic carbocycles. The van der Waals surface area contributed by atoms with Gasteiger partial charge in [-0.15, -0.1) is 0 Å². The molecule has 1 N–H and O–H groups in total. The lowest BCUT2D eigenvalue weighted by atomic mass is 10.0. The molecule has 1 rings (SSSR count). The first-order valence-electron chi connectivity index (χ1n) is 6.77. The van der Waals surface area contributed by atoms with Crippen LogP contribution in [-0.2, 0) is 25.6 Å².